The van der Waals surface area contributed by atoms with E-state index in [1.165, 1.54) is 0 Å². The van der Waals surface area contributed by atoms with Gasteiger partial charge in [0.2, 0.25) is 17.6 Å². The molecule has 0 saturated heterocycles. The maximum atomic E-state index is 12.2. The average molecular weight is 358 g/mol. The third kappa shape index (κ3) is 4.40. The van der Waals surface area contributed by atoms with Gasteiger partial charge >= 0.3 is 0 Å². The minimum absolute atomic E-state index is 0.0156. The SMILES string of the molecule is CCOc1ccc(-c2noc(CCC(=O)NC3(CN)CCCC3)n2)cc1. The summed E-state index contributed by atoms with van der Waals surface area (Å²) in [5, 5.41) is 7.10. The number of aryl methyl sites for hydroxylation is 1. The van der Waals surface area contributed by atoms with Crippen molar-refractivity contribution < 1.29 is 14.1 Å². The molecule has 0 atom stereocenters. The number of nitrogens with zero attached hydrogens (tertiary/aromatic N) is 2. The number of aromatic nitrogens is 2. The molecule has 7 heteroatoms. The molecule has 3 rings (SSSR count). The first kappa shape index (κ1) is 18.4. The molecule has 26 heavy (non-hydrogen) atoms. The summed E-state index contributed by atoms with van der Waals surface area (Å²) in [6, 6.07) is 7.52. The molecule has 1 heterocycles. The van der Waals surface area contributed by atoms with Crippen LogP contribution in [0.3, 0.4) is 0 Å². The lowest BCUT2D eigenvalue weighted by Gasteiger charge is -2.28. The Morgan fingerprint density at radius 2 is 2.04 bits per heavy atom. The van der Waals surface area contributed by atoms with Gasteiger partial charge in [-0.15, -0.1) is 0 Å². The number of benzene rings is 1. The molecule has 1 aromatic carbocycles. The third-order valence-corrected chi connectivity index (χ3v) is 4.81. The molecule has 140 valence electrons. The lowest BCUT2D eigenvalue weighted by atomic mass is 9.97. The van der Waals surface area contributed by atoms with Crippen LogP contribution in [-0.2, 0) is 11.2 Å². The number of hydrogen-bond acceptors (Lipinski definition) is 6. The molecule has 1 amide bonds. The van der Waals surface area contributed by atoms with Crippen molar-refractivity contribution in [1.82, 2.24) is 15.5 Å². The minimum Gasteiger partial charge on any atom is -0.494 e. The van der Waals surface area contributed by atoms with Crippen LogP contribution in [0.15, 0.2) is 28.8 Å². The molecule has 0 spiro atoms. The molecule has 0 radical (unpaired) electrons. The Labute approximate surface area is 153 Å². The van der Waals surface area contributed by atoms with Crippen molar-refractivity contribution in [3.63, 3.8) is 0 Å². The number of nitrogens with two attached hydrogens (primary N) is 1. The fraction of sp³-hybridized carbons (Fsp3) is 0.526. The normalized spacial score (nSPS) is 15.8. The molecule has 1 saturated carbocycles. The molecular formula is C19H26N4O3. The van der Waals surface area contributed by atoms with Crippen molar-refractivity contribution in [1.29, 1.82) is 0 Å². The predicted octanol–water partition coefficient (Wildman–Crippen LogP) is 2.46. The molecule has 7 nitrogen and oxygen atoms in total. The summed E-state index contributed by atoms with van der Waals surface area (Å²) in [6.45, 7) is 3.05. The fourth-order valence-electron chi connectivity index (χ4n) is 3.35. The van der Waals surface area contributed by atoms with E-state index in [1.807, 2.05) is 31.2 Å². The average Bonchev–Trinajstić information content (AvgIpc) is 3.31. The molecular weight excluding hydrogens is 332 g/mol. The van der Waals surface area contributed by atoms with Gasteiger partial charge in [-0.1, -0.05) is 18.0 Å². The maximum absolute atomic E-state index is 12.2. The second kappa shape index (κ2) is 8.31. The molecule has 0 bridgehead atoms. The van der Waals surface area contributed by atoms with Gasteiger partial charge in [-0.3, -0.25) is 4.79 Å². The Morgan fingerprint density at radius 3 is 2.69 bits per heavy atom. The standard InChI is InChI=1S/C19H26N4O3/c1-2-25-15-7-5-14(6-8-15)18-21-17(26-23-18)10-9-16(24)22-19(13-20)11-3-4-12-19/h5-8H,2-4,9-13,20H2,1H3,(H,22,24). The van der Waals surface area contributed by atoms with E-state index >= 15 is 0 Å². The molecule has 0 unspecified atom stereocenters. The highest BCUT2D eigenvalue weighted by Crippen LogP contribution is 2.28. The molecule has 3 N–H and O–H groups in total. The van der Waals surface area contributed by atoms with Gasteiger partial charge in [0, 0.05) is 24.9 Å². The van der Waals surface area contributed by atoms with Crippen LogP contribution in [0.4, 0.5) is 0 Å². The van der Waals surface area contributed by atoms with E-state index in [0.717, 1.165) is 37.0 Å². The first-order valence-corrected chi connectivity index (χ1v) is 9.21. The van der Waals surface area contributed by atoms with Gasteiger partial charge in [-0.05, 0) is 44.0 Å². The molecule has 0 aliphatic heterocycles. The molecule has 2 aromatic rings. The van der Waals surface area contributed by atoms with Gasteiger partial charge in [0.1, 0.15) is 5.75 Å². The van der Waals surface area contributed by atoms with E-state index in [4.69, 9.17) is 15.0 Å². The number of hydrogen-bond donors (Lipinski definition) is 2. The van der Waals surface area contributed by atoms with Crippen LogP contribution in [-0.4, -0.2) is 34.7 Å². The van der Waals surface area contributed by atoms with E-state index < -0.39 is 0 Å². The zero-order valence-electron chi connectivity index (χ0n) is 15.2. The van der Waals surface area contributed by atoms with Crippen LogP contribution < -0.4 is 15.8 Å². The van der Waals surface area contributed by atoms with Gasteiger partial charge in [-0.2, -0.15) is 4.98 Å². The lowest BCUT2D eigenvalue weighted by molar-refractivity contribution is -0.123. The number of nitrogens with one attached hydrogen (secondary N) is 1. The monoisotopic (exact) mass is 358 g/mol. The van der Waals surface area contributed by atoms with Crippen molar-refractivity contribution >= 4 is 5.91 Å². The summed E-state index contributed by atoms with van der Waals surface area (Å²) in [5.41, 5.74) is 6.48. The Balaban J connectivity index is 1.54. The number of amides is 1. The van der Waals surface area contributed by atoms with E-state index in [9.17, 15) is 4.79 Å². The topological polar surface area (TPSA) is 103 Å². The Kier molecular flexibility index (Phi) is 5.88. The van der Waals surface area contributed by atoms with Gasteiger partial charge in [0.05, 0.1) is 12.1 Å². The Hall–Kier alpha value is -2.41. The van der Waals surface area contributed by atoms with E-state index in [0.29, 0.717) is 37.7 Å². The quantitative estimate of drug-likeness (QED) is 0.751. The zero-order chi connectivity index (χ0) is 18.4. The first-order chi connectivity index (χ1) is 12.6. The second-order valence-electron chi connectivity index (χ2n) is 6.71. The van der Waals surface area contributed by atoms with Crippen LogP contribution >= 0.6 is 0 Å². The maximum Gasteiger partial charge on any atom is 0.227 e. The molecule has 1 aromatic heterocycles. The lowest BCUT2D eigenvalue weighted by Crippen LogP contribution is -2.51. The van der Waals surface area contributed by atoms with E-state index in [-0.39, 0.29) is 11.4 Å². The highest BCUT2D eigenvalue weighted by atomic mass is 16.5. The second-order valence-corrected chi connectivity index (χ2v) is 6.71. The van der Waals surface area contributed by atoms with Crippen molar-refractivity contribution in [3.8, 4) is 17.1 Å². The summed E-state index contributed by atoms with van der Waals surface area (Å²) >= 11 is 0. The van der Waals surface area contributed by atoms with Crippen molar-refractivity contribution in [2.24, 2.45) is 5.73 Å². The van der Waals surface area contributed by atoms with Crippen LogP contribution in [0, 0.1) is 0 Å². The number of rotatable bonds is 8. The van der Waals surface area contributed by atoms with Crippen LogP contribution in [0.2, 0.25) is 0 Å². The Bertz CT molecular complexity index is 721. The van der Waals surface area contributed by atoms with E-state index in [2.05, 4.69) is 15.5 Å². The fourth-order valence-corrected chi connectivity index (χ4v) is 3.35. The summed E-state index contributed by atoms with van der Waals surface area (Å²) < 4.78 is 10.7. The summed E-state index contributed by atoms with van der Waals surface area (Å²) in [6.07, 6.45) is 4.87. The van der Waals surface area contributed by atoms with E-state index in [1.54, 1.807) is 0 Å². The van der Waals surface area contributed by atoms with Crippen molar-refractivity contribution in [2.75, 3.05) is 13.2 Å². The zero-order valence-corrected chi connectivity index (χ0v) is 15.2. The number of carbonyl (C=O) groups excluding carboxylic acids is 1. The van der Waals surface area contributed by atoms with Crippen LogP contribution in [0.25, 0.3) is 11.4 Å². The van der Waals surface area contributed by atoms with Crippen molar-refractivity contribution in [2.45, 2.75) is 51.0 Å². The minimum atomic E-state index is -0.223. The van der Waals surface area contributed by atoms with Gasteiger partial charge in [-0.25, -0.2) is 0 Å². The Morgan fingerprint density at radius 1 is 1.31 bits per heavy atom. The molecule has 1 aliphatic carbocycles. The molecule has 1 fully saturated rings. The van der Waals surface area contributed by atoms with Crippen LogP contribution in [0.5, 0.6) is 5.75 Å². The summed E-state index contributed by atoms with van der Waals surface area (Å²) in [5.74, 6) is 1.76. The first-order valence-electron chi connectivity index (χ1n) is 9.21. The largest absolute Gasteiger partial charge is 0.494 e. The van der Waals surface area contributed by atoms with Crippen LogP contribution in [0.1, 0.15) is 44.9 Å². The highest BCUT2D eigenvalue weighted by Gasteiger charge is 2.33. The van der Waals surface area contributed by atoms with Crippen molar-refractivity contribution in [3.05, 3.63) is 30.2 Å². The van der Waals surface area contributed by atoms with Gasteiger partial charge in [0.25, 0.3) is 0 Å². The highest BCUT2D eigenvalue weighted by molar-refractivity contribution is 5.77. The smallest absolute Gasteiger partial charge is 0.227 e. The van der Waals surface area contributed by atoms with Gasteiger partial charge < -0.3 is 20.3 Å². The summed E-state index contributed by atoms with van der Waals surface area (Å²) in [7, 11) is 0. The number of ether oxygens (including phenoxy) is 1. The predicted molar refractivity (Wildman–Crippen MR) is 97.6 cm³/mol. The van der Waals surface area contributed by atoms with Gasteiger partial charge in [0.15, 0.2) is 0 Å². The number of carbonyl (C=O) groups is 1. The summed E-state index contributed by atoms with van der Waals surface area (Å²) in [4.78, 5) is 16.6. The molecule has 1 aliphatic rings. The third-order valence-electron chi connectivity index (χ3n) is 4.81.